The summed E-state index contributed by atoms with van der Waals surface area (Å²) < 4.78 is 0. The van der Waals surface area contributed by atoms with E-state index in [2.05, 4.69) is 6.07 Å². The molecule has 0 amide bonds. The molecule has 0 aromatic heterocycles. The van der Waals surface area contributed by atoms with Gasteiger partial charge in [0.15, 0.2) is 0 Å². The van der Waals surface area contributed by atoms with E-state index in [0.717, 1.165) is 5.56 Å². The predicted octanol–water partition coefficient (Wildman–Crippen LogP) is 4.25. The van der Waals surface area contributed by atoms with E-state index < -0.39 is 4.92 Å². The van der Waals surface area contributed by atoms with Crippen molar-refractivity contribution in [2.45, 2.75) is 0 Å². The Morgan fingerprint density at radius 2 is 1.42 bits per heavy atom. The van der Waals surface area contributed by atoms with E-state index in [-0.39, 0.29) is 22.5 Å². The average Bonchev–Trinajstić information content (AvgIpc) is 2.68. The van der Waals surface area contributed by atoms with E-state index in [1.54, 1.807) is 18.2 Å². The van der Waals surface area contributed by atoms with Crippen molar-refractivity contribution in [3.8, 4) is 34.4 Å². The monoisotopic (exact) mass is 340 g/mol. The number of nitrogens with two attached hydrogens (primary N) is 1. The van der Waals surface area contributed by atoms with Crippen molar-refractivity contribution < 1.29 is 4.92 Å². The number of nitro benzene ring substituents is 1. The fourth-order valence-electron chi connectivity index (χ4n) is 2.80. The smallest absolute Gasteiger partial charge is 0.270 e. The Bertz CT molecular complexity index is 1090. The largest absolute Gasteiger partial charge is 0.397 e. The molecule has 26 heavy (non-hydrogen) atoms. The Morgan fingerprint density at radius 3 is 2.00 bits per heavy atom. The minimum atomic E-state index is -0.499. The maximum absolute atomic E-state index is 11.1. The van der Waals surface area contributed by atoms with Crippen molar-refractivity contribution in [1.29, 1.82) is 10.5 Å². The second-order valence-electron chi connectivity index (χ2n) is 5.53. The number of benzene rings is 3. The molecule has 3 aromatic carbocycles. The molecule has 3 aromatic rings. The van der Waals surface area contributed by atoms with E-state index in [1.165, 1.54) is 12.1 Å². The highest BCUT2D eigenvalue weighted by molar-refractivity contribution is 5.89. The molecule has 0 fully saturated rings. The number of nitro groups is 1. The van der Waals surface area contributed by atoms with Crippen LogP contribution in [0.5, 0.6) is 0 Å². The van der Waals surface area contributed by atoms with Gasteiger partial charge in [0.2, 0.25) is 0 Å². The van der Waals surface area contributed by atoms with Gasteiger partial charge in [-0.1, -0.05) is 42.5 Å². The Hall–Kier alpha value is -4.16. The van der Waals surface area contributed by atoms with Crippen molar-refractivity contribution in [1.82, 2.24) is 0 Å². The van der Waals surface area contributed by atoms with Crippen molar-refractivity contribution in [2.24, 2.45) is 0 Å². The Kier molecular flexibility index (Phi) is 4.34. The van der Waals surface area contributed by atoms with Crippen LogP contribution in [-0.2, 0) is 0 Å². The molecule has 0 spiro atoms. The highest BCUT2D eigenvalue weighted by atomic mass is 16.6. The number of anilines is 1. The third-order valence-electron chi connectivity index (χ3n) is 4.04. The summed E-state index contributed by atoms with van der Waals surface area (Å²) in [4.78, 5) is 10.6. The van der Waals surface area contributed by atoms with Crippen LogP contribution in [0.25, 0.3) is 22.3 Å². The van der Waals surface area contributed by atoms with E-state index in [1.807, 2.05) is 36.4 Å². The van der Waals surface area contributed by atoms with Crippen LogP contribution in [0.4, 0.5) is 11.4 Å². The molecule has 0 saturated carbocycles. The summed E-state index contributed by atoms with van der Waals surface area (Å²) in [7, 11) is 0. The predicted molar refractivity (Wildman–Crippen MR) is 97.8 cm³/mol. The Labute approximate surface area is 149 Å². The molecule has 0 atom stereocenters. The van der Waals surface area contributed by atoms with Crippen molar-refractivity contribution >= 4 is 11.4 Å². The van der Waals surface area contributed by atoms with E-state index >= 15 is 0 Å². The second kappa shape index (κ2) is 6.76. The molecule has 0 aliphatic heterocycles. The van der Waals surface area contributed by atoms with Gasteiger partial charge in [-0.25, -0.2) is 0 Å². The standard InChI is InChI=1S/C20H12N4O2/c21-11-18-16(13-5-2-1-3-6-13)10-17(19(12-22)20(18)23)14-7-4-8-15(9-14)24(25)26/h1-10H,23H2. The Morgan fingerprint density at radius 1 is 0.846 bits per heavy atom. The lowest BCUT2D eigenvalue weighted by Crippen LogP contribution is -2.01. The van der Waals surface area contributed by atoms with Crippen LogP contribution in [0.2, 0.25) is 0 Å². The molecule has 3 rings (SSSR count). The summed E-state index contributed by atoms with van der Waals surface area (Å²) in [5, 5.41) is 30.1. The quantitative estimate of drug-likeness (QED) is 0.434. The molecule has 0 bridgehead atoms. The van der Waals surface area contributed by atoms with Crippen molar-refractivity contribution in [2.75, 3.05) is 5.73 Å². The highest BCUT2D eigenvalue weighted by Crippen LogP contribution is 2.37. The highest BCUT2D eigenvalue weighted by Gasteiger charge is 2.19. The molecule has 0 unspecified atom stereocenters. The first-order valence-electron chi connectivity index (χ1n) is 7.63. The summed E-state index contributed by atoms with van der Waals surface area (Å²) in [6.07, 6.45) is 0. The summed E-state index contributed by atoms with van der Waals surface area (Å²) >= 11 is 0. The van der Waals surface area contributed by atoms with E-state index in [4.69, 9.17) is 5.73 Å². The minimum Gasteiger partial charge on any atom is -0.397 e. The fourth-order valence-corrected chi connectivity index (χ4v) is 2.80. The lowest BCUT2D eigenvalue weighted by atomic mass is 9.89. The number of hydrogen-bond donors (Lipinski definition) is 1. The van der Waals surface area contributed by atoms with Crippen LogP contribution in [0.3, 0.4) is 0 Å². The van der Waals surface area contributed by atoms with Crippen LogP contribution in [-0.4, -0.2) is 4.92 Å². The van der Waals surface area contributed by atoms with E-state index in [9.17, 15) is 20.6 Å². The summed E-state index contributed by atoms with van der Waals surface area (Å²) in [5.74, 6) is 0. The van der Waals surface area contributed by atoms with Crippen LogP contribution >= 0.6 is 0 Å². The van der Waals surface area contributed by atoms with Gasteiger partial charge in [0.05, 0.1) is 21.7 Å². The van der Waals surface area contributed by atoms with Gasteiger partial charge in [-0.2, -0.15) is 10.5 Å². The number of nitriles is 2. The lowest BCUT2D eigenvalue weighted by molar-refractivity contribution is -0.384. The number of nitrogen functional groups attached to an aromatic ring is 1. The molecule has 0 aliphatic carbocycles. The van der Waals surface area contributed by atoms with Gasteiger partial charge < -0.3 is 5.73 Å². The molecule has 2 N–H and O–H groups in total. The maximum Gasteiger partial charge on any atom is 0.270 e. The van der Waals surface area contributed by atoms with Gasteiger partial charge >= 0.3 is 0 Å². The average molecular weight is 340 g/mol. The lowest BCUT2D eigenvalue weighted by Gasteiger charge is -2.13. The molecule has 124 valence electrons. The zero-order chi connectivity index (χ0) is 18.7. The van der Waals surface area contributed by atoms with Gasteiger partial charge in [-0.05, 0) is 17.2 Å². The van der Waals surface area contributed by atoms with Crippen molar-refractivity contribution in [3.05, 3.63) is 81.9 Å². The number of rotatable bonds is 3. The number of nitrogens with zero attached hydrogens (tertiary/aromatic N) is 3. The summed E-state index contributed by atoms with van der Waals surface area (Å²) in [6.45, 7) is 0. The first-order chi connectivity index (χ1) is 12.6. The number of non-ortho nitro benzene ring substituents is 1. The van der Waals surface area contributed by atoms with Crippen LogP contribution in [0.15, 0.2) is 60.7 Å². The number of hydrogen-bond acceptors (Lipinski definition) is 5. The van der Waals surface area contributed by atoms with Gasteiger partial charge in [0, 0.05) is 23.3 Å². The zero-order valence-electron chi connectivity index (χ0n) is 13.5. The van der Waals surface area contributed by atoms with Gasteiger partial charge in [0.25, 0.3) is 5.69 Å². The first-order valence-corrected chi connectivity index (χ1v) is 7.63. The summed E-state index contributed by atoms with van der Waals surface area (Å²) in [5.41, 5.74) is 8.70. The van der Waals surface area contributed by atoms with E-state index in [0.29, 0.717) is 16.7 Å². The normalized spacial score (nSPS) is 9.92. The topological polar surface area (TPSA) is 117 Å². The molecular formula is C20H12N4O2. The molecule has 0 saturated heterocycles. The van der Waals surface area contributed by atoms with Crippen LogP contribution < -0.4 is 5.73 Å². The fraction of sp³-hybridized carbons (Fsp3) is 0. The third-order valence-corrected chi connectivity index (χ3v) is 4.04. The summed E-state index contributed by atoms with van der Waals surface area (Å²) in [6, 6.07) is 20.9. The molecule has 0 heterocycles. The molecule has 0 radical (unpaired) electrons. The van der Waals surface area contributed by atoms with Crippen molar-refractivity contribution in [3.63, 3.8) is 0 Å². The SMILES string of the molecule is N#Cc1c(-c2ccccc2)cc(-c2cccc([N+](=O)[O-])c2)c(C#N)c1N. The molecule has 6 heteroatoms. The van der Waals surface area contributed by atoms with Crippen LogP contribution in [0, 0.1) is 32.8 Å². The molecule has 6 nitrogen and oxygen atoms in total. The first kappa shape index (κ1) is 16.7. The molecular weight excluding hydrogens is 328 g/mol. The minimum absolute atomic E-state index is 0.0675. The molecule has 0 aliphatic rings. The third kappa shape index (κ3) is 2.83. The second-order valence-corrected chi connectivity index (χ2v) is 5.53. The zero-order valence-corrected chi connectivity index (χ0v) is 13.5. The maximum atomic E-state index is 11.1. The van der Waals surface area contributed by atoms with Gasteiger partial charge in [0.1, 0.15) is 12.1 Å². The van der Waals surface area contributed by atoms with Gasteiger partial charge in [-0.3, -0.25) is 10.1 Å². The Balaban J connectivity index is 2.35. The van der Waals surface area contributed by atoms with Crippen LogP contribution in [0.1, 0.15) is 11.1 Å². The van der Waals surface area contributed by atoms with Gasteiger partial charge in [-0.15, -0.1) is 0 Å².